The molecular formula is C30H41F3. The molecule has 33 heavy (non-hydrogen) atoms. The Bertz CT molecular complexity index is 779. The van der Waals surface area contributed by atoms with Crippen molar-refractivity contribution in [2.24, 2.45) is 17.3 Å². The quantitative estimate of drug-likeness (QED) is 0.228. The van der Waals surface area contributed by atoms with Crippen molar-refractivity contribution >= 4 is 5.57 Å². The summed E-state index contributed by atoms with van der Waals surface area (Å²) in [4.78, 5) is 0. The maximum atomic E-state index is 12.7. The van der Waals surface area contributed by atoms with Crippen LogP contribution in [-0.4, -0.2) is 6.18 Å². The number of alkyl halides is 3. The molecule has 0 spiro atoms. The highest BCUT2D eigenvalue weighted by Gasteiger charge is 2.37. The van der Waals surface area contributed by atoms with Crippen LogP contribution in [0.15, 0.2) is 60.7 Å². The van der Waals surface area contributed by atoms with Gasteiger partial charge in [0.25, 0.3) is 0 Å². The third-order valence-electron chi connectivity index (χ3n) is 7.70. The van der Waals surface area contributed by atoms with Gasteiger partial charge >= 0.3 is 6.18 Å². The molecular weight excluding hydrogens is 417 g/mol. The number of benzene rings is 1. The summed E-state index contributed by atoms with van der Waals surface area (Å²) in [6.45, 7) is 2.26. The SMILES string of the molecule is CCCCCCC[C@H]1CC[C@H](C2(C=CCCC(F)(F)F)C=CC(c3ccccc3)=CC2)CC1. The van der Waals surface area contributed by atoms with Crippen molar-refractivity contribution in [1.82, 2.24) is 0 Å². The van der Waals surface area contributed by atoms with E-state index in [-0.39, 0.29) is 11.8 Å². The molecule has 1 unspecified atom stereocenters. The van der Waals surface area contributed by atoms with Gasteiger partial charge in [0.05, 0.1) is 0 Å². The van der Waals surface area contributed by atoms with Gasteiger partial charge in [-0.3, -0.25) is 0 Å². The Morgan fingerprint density at radius 1 is 0.970 bits per heavy atom. The first-order chi connectivity index (χ1) is 15.9. The summed E-state index contributed by atoms with van der Waals surface area (Å²) in [5.41, 5.74) is 2.28. The second-order valence-electron chi connectivity index (χ2n) is 10.2. The van der Waals surface area contributed by atoms with E-state index in [0.717, 1.165) is 12.3 Å². The summed E-state index contributed by atoms with van der Waals surface area (Å²) in [7, 11) is 0. The van der Waals surface area contributed by atoms with Gasteiger partial charge in [0, 0.05) is 11.8 Å². The molecule has 3 heteroatoms. The van der Waals surface area contributed by atoms with Gasteiger partial charge in [-0.1, -0.05) is 119 Å². The predicted octanol–water partition coefficient (Wildman–Crippen LogP) is 10.1. The van der Waals surface area contributed by atoms with E-state index in [0.29, 0.717) is 5.92 Å². The van der Waals surface area contributed by atoms with Crippen LogP contribution in [0.25, 0.3) is 5.57 Å². The van der Waals surface area contributed by atoms with E-state index < -0.39 is 12.6 Å². The topological polar surface area (TPSA) is 0 Å². The van der Waals surface area contributed by atoms with E-state index in [9.17, 15) is 13.2 Å². The summed E-state index contributed by atoms with van der Waals surface area (Å²) < 4.78 is 38.0. The van der Waals surface area contributed by atoms with Crippen molar-refractivity contribution in [3.05, 3.63) is 66.3 Å². The average Bonchev–Trinajstić information content (AvgIpc) is 2.82. The summed E-state index contributed by atoms with van der Waals surface area (Å²) in [6, 6.07) is 10.4. The molecule has 1 aromatic carbocycles. The molecule has 182 valence electrons. The minimum absolute atomic E-state index is 0.0709. The number of rotatable bonds is 11. The van der Waals surface area contributed by atoms with E-state index >= 15 is 0 Å². The predicted molar refractivity (Wildman–Crippen MR) is 134 cm³/mol. The van der Waals surface area contributed by atoms with E-state index in [2.05, 4.69) is 43.4 Å². The Morgan fingerprint density at radius 3 is 2.33 bits per heavy atom. The largest absolute Gasteiger partial charge is 0.389 e. The fourth-order valence-electron chi connectivity index (χ4n) is 5.65. The number of halogens is 3. The Labute approximate surface area is 199 Å². The molecule has 0 N–H and O–H groups in total. The minimum atomic E-state index is -4.09. The summed E-state index contributed by atoms with van der Waals surface area (Å²) in [6.07, 6.45) is 19.8. The molecule has 3 rings (SSSR count). The fourth-order valence-corrected chi connectivity index (χ4v) is 5.65. The smallest absolute Gasteiger partial charge is 0.171 e. The van der Waals surface area contributed by atoms with Crippen LogP contribution in [0.4, 0.5) is 13.2 Å². The molecule has 0 radical (unpaired) electrons. The van der Waals surface area contributed by atoms with Crippen LogP contribution in [0.5, 0.6) is 0 Å². The first kappa shape index (κ1) is 25.8. The molecule has 2 aliphatic carbocycles. The molecule has 0 amide bonds. The second kappa shape index (κ2) is 12.6. The van der Waals surface area contributed by atoms with Crippen LogP contribution in [0.2, 0.25) is 0 Å². The Kier molecular flexibility index (Phi) is 9.89. The molecule has 0 heterocycles. The van der Waals surface area contributed by atoms with Crippen molar-refractivity contribution in [2.75, 3.05) is 0 Å². The van der Waals surface area contributed by atoms with Crippen molar-refractivity contribution in [3.8, 4) is 0 Å². The molecule has 1 aromatic rings. The van der Waals surface area contributed by atoms with Gasteiger partial charge in [-0.2, -0.15) is 13.2 Å². The zero-order valence-corrected chi connectivity index (χ0v) is 20.3. The zero-order chi connectivity index (χ0) is 23.6. The molecule has 0 bridgehead atoms. The third kappa shape index (κ3) is 8.19. The van der Waals surface area contributed by atoms with Gasteiger partial charge in [-0.05, 0) is 48.7 Å². The molecule has 0 aliphatic heterocycles. The van der Waals surface area contributed by atoms with Crippen molar-refractivity contribution < 1.29 is 13.2 Å². The lowest BCUT2D eigenvalue weighted by molar-refractivity contribution is -0.133. The van der Waals surface area contributed by atoms with Gasteiger partial charge in [0.1, 0.15) is 0 Å². The zero-order valence-electron chi connectivity index (χ0n) is 20.3. The number of hydrogen-bond donors (Lipinski definition) is 0. The van der Waals surface area contributed by atoms with Crippen molar-refractivity contribution in [3.63, 3.8) is 0 Å². The van der Waals surface area contributed by atoms with Crippen LogP contribution in [0.1, 0.15) is 96.0 Å². The third-order valence-corrected chi connectivity index (χ3v) is 7.70. The highest BCUT2D eigenvalue weighted by Crippen LogP contribution is 2.48. The molecule has 0 saturated heterocycles. The van der Waals surface area contributed by atoms with Crippen LogP contribution < -0.4 is 0 Å². The maximum Gasteiger partial charge on any atom is 0.389 e. The standard InChI is InChI=1S/C30H41F3/c1-2-3-4-5-7-12-25-15-17-28(18-16-25)29(21-10-11-22-30(31,32)33)23-19-27(20-24-29)26-13-8-6-9-14-26/h6,8-10,13-14,19-21,23,25,28H,2-5,7,11-12,15-18,22,24H2,1H3/t25-,28-,29?. The lowest BCUT2D eigenvalue weighted by Crippen LogP contribution is -2.31. The van der Waals surface area contributed by atoms with Crippen molar-refractivity contribution in [1.29, 1.82) is 0 Å². The average molecular weight is 459 g/mol. The van der Waals surface area contributed by atoms with Gasteiger partial charge < -0.3 is 0 Å². The number of unbranched alkanes of at least 4 members (excludes halogenated alkanes) is 4. The van der Waals surface area contributed by atoms with Crippen LogP contribution >= 0.6 is 0 Å². The van der Waals surface area contributed by atoms with E-state index in [1.165, 1.54) is 75.3 Å². The molecule has 1 saturated carbocycles. The van der Waals surface area contributed by atoms with Crippen LogP contribution in [0, 0.1) is 17.3 Å². The maximum absolute atomic E-state index is 12.7. The first-order valence-corrected chi connectivity index (χ1v) is 13.1. The van der Waals surface area contributed by atoms with Gasteiger partial charge in [0.15, 0.2) is 0 Å². The van der Waals surface area contributed by atoms with Gasteiger partial charge in [-0.25, -0.2) is 0 Å². The Morgan fingerprint density at radius 2 is 1.70 bits per heavy atom. The van der Waals surface area contributed by atoms with Crippen LogP contribution in [0.3, 0.4) is 0 Å². The van der Waals surface area contributed by atoms with Gasteiger partial charge in [-0.15, -0.1) is 0 Å². The molecule has 1 atom stereocenters. The summed E-state index contributed by atoms with van der Waals surface area (Å²) >= 11 is 0. The highest BCUT2D eigenvalue weighted by molar-refractivity contribution is 5.75. The highest BCUT2D eigenvalue weighted by atomic mass is 19.4. The van der Waals surface area contributed by atoms with E-state index in [1.807, 2.05) is 18.2 Å². The summed E-state index contributed by atoms with van der Waals surface area (Å²) in [5.74, 6) is 1.35. The minimum Gasteiger partial charge on any atom is -0.171 e. The number of hydrogen-bond acceptors (Lipinski definition) is 0. The van der Waals surface area contributed by atoms with Crippen LogP contribution in [-0.2, 0) is 0 Å². The number of allylic oxidation sites excluding steroid dienone is 6. The first-order valence-electron chi connectivity index (χ1n) is 13.1. The molecule has 0 aromatic heterocycles. The molecule has 1 fully saturated rings. The van der Waals surface area contributed by atoms with E-state index in [4.69, 9.17) is 0 Å². The Balaban J connectivity index is 1.62. The fraction of sp³-hybridized carbons (Fsp3) is 0.600. The molecule has 2 aliphatic rings. The lowest BCUT2D eigenvalue weighted by Gasteiger charge is -2.42. The Hall–Kier alpha value is -1.77. The lowest BCUT2D eigenvalue weighted by atomic mass is 9.63. The monoisotopic (exact) mass is 458 g/mol. The molecule has 0 nitrogen and oxygen atoms in total. The second-order valence-corrected chi connectivity index (χ2v) is 10.2. The summed E-state index contributed by atoms with van der Waals surface area (Å²) in [5, 5.41) is 0. The van der Waals surface area contributed by atoms with Gasteiger partial charge in [0.2, 0.25) is 0 Å². The normalized spacial score (nSPS) is 26.0. The van der Waals surface area contributed by atoms with E-state index in [1.54, 1.807) is 6.08 Å². The van der Waals surface area contributed by atoms with Crippen molar-refractivity contribution in [2.45, 2.75) is 96.6 Å².